The van der Waals surface area contributed by atoms with E-state index in [-0.39, 0.29) is 11.3 Å². The second-order valence-corrected chi connectivity index (χ2v) is 6.38. The van der Waals surface area contributed by atoms with Crippen molar-refractivity contribution in [2.45, 2.75) is 46.6 Å². The van der Waals surface area contributed by atoms with E-state index < -0.39 is 0 Å². The summed E-state index contributed by atoms with van der Waals surface area (Å²) in [6.45, 7) is 7.66. The average Bonchev–Trinajstić information content (AvgIpc) is 2.94. The van der Waals surface area contributed by atoms with E-state index >= 15 is 0 Å². The Kier molecular flexibility index (Phi) is 3.76. The summed E-state index contributed by atoms with van der Waals surface area (Å²) in [6.07, 6.45) is 4.66. The van der Waals surface area contributed by atoms with Gasteiger partial charge in [0.05, 0.1) is 17.5 Å². The molecule has 0 aromatic carbocycles. The van der Waals surface area contributed by atoms with Gasteiger partial charge in [0.25, 0.3) is 5.91 Å². The first-order valence-electron chi connectivity index (χ1n) is 7.84. The molecular weight excluding hydrogens is 278 g/mol. The third-order valence-electron chi connectivity index (χ3n) is 4.49. The van der Waals surface area contributed by atoms with Gasteiger partial charge in [-0.3, -0.25) is 14.6 Å². The van der Waals surface area contributed by atoms with Crippen LogP contribution in [0, 0.1) is 19.3 Å². The molecule has 22 heavy (non-hydrogen) atoms. The molecule has 1 saturated carbocycles. The molecule has 0 radical (unpaired) electrons. The Morgan fingerprint density at radius 2 is 2.23 bits per heavy atom. The first kappa shape index (κ1) is 14.8. The molecule has 1 aliphatic rings. The standard InChI is InChI=1S/C16H23N5O/c1-4-14-13(8-18-19-14)15(22)17-9-16(5-6-16)10-21-12(3)7-11(2)20-21/h7-8H,4-6,9-10H2,1-3H3,(H,17,22)(H,18,19). The van der Waals surface area contributed by atoms with Crippen molar-refractivity contribution in [3.63, 3.8) is 0 Å². The number of aryl methyl sites for hydroxylation is 3. The first-order valence-corrected chi connectivity index (χ1v) is 7.84. The molecule has 1 amide bonds. The fourth-order valence-corrected chi connectivity index (χ4v) is 2.86. The van der Waals surface area contributed by atoms with Crippen molar-refractivity contribution in [3.8, 4) is 0 Å². The molecule has 0 aliphatic heterocycles. The maximum atomic E-state index is 12.3. The van der Waals surface area contributed by atoms with Crippen LogP contribution >= 0.6 is 0 Å². The summed E-state index contributed by atoms with van der Waals surface area (Å²) >= 11 is 0. The number of nitrogens with zero attached hydrogens (tertiary/aromatic N) is 3. The number of H-pyrrole nitrogens is 1. The lowest BCUT2D eigenvalue weighted by atomic mass is 10.1. The molecule has 2 aromatic rings. The van der Waals surface area contributed by atoms with E-state index in [0.717, 1.165) is 37.2 Å². The first-order chi connectivity index (χ1) is 10.5. The highest BCUT2D eigenvalue weighted by molar-refractivity contribution is 5.95. The quantitative estimate of drug-likeness (QED) is 0.857. The number of aromatic amines is 1. The molecule has 2 aromatic heterocycles. The molecule has 6 nitrogen and oxygen atoms in total. The fraction of sp³-hybridized carbons (Fsp3) is 0.562. The van der Waals surface area contributed by atoms with Gasteiger partial charge in [-0.05, 0) is 39.2 Å². The molecule has 3 rings (SSSR count). The maximum Gasteiger partial charge on any atom is 0.254 e. The van der Waals surface area contributed by atoms with Gasteiger partial charge in [-0.2, -0.15) is 10.2 Å². The van der Waals surface area contributed by atoms with E-state index in [4.69, 9.17) is 0 Å². The number of carbonyl (C=O) groups is 1. The third-order valence-corrected chi connectivity index (χ3v) is 4.49. The van der Waals surface area contributed by atoms with E-state index in [1.165, 1.54) is 5.69 Å². The third kappa shape index (κ3) is 2.91. The van der Waals surface area contributed by atoms with Gasteiger partial charge in [0.2, 0.25) is 0 Å². The van der Waals surface area contributed by atoms with Gasteiger partial charge in [0.15, 0.2) is 0 Å². The van der Waals surface area contributed by atoms with Crippen LogP contribution in [0.1, 0.15) is 47.2 Å². The minimum Gasteiger partial charge on any atom is -0.351 e. The van der Waals surface area contributed by atoms with Crippen molar-refractivity contribution in [3.05, 3.63) is 34.9 Å². The van der Waals surface area contributed by atoms with Gasteiger partial charge in [-0.25, -0.2) is 0 Å². The summed E-state index contributed by atoms with van der Waals surface area (Å²) < 4.78 is 2.06. The van der Waals surface area contributed by atoms with Gasteiger partial charge in [-0.15, -0.1) is 0 Å². The van der Waals surface area contributed by atoms with Crippen LogP contribution in [-0.2, 0) is 13.0 Å². The predicted molar refractivity (Wildman–Crippen MR) is 83.7 cm³/mol. The molecule has 1 fully saturated rings. The molecule has 0 saturated heterocycles. The molecule has 0 bridgehead atoms. The molecule has 2 N–H and O–H groups in total. The Bertz CT molecular complexity index is 681. The Morgan fingerprint density at radius 1 is 1.45 bits per heavy atom. The molecule has 2 heterocycles. The Labute approximate surface area is 130 Å². The van der Waals surface area contributed by atoms with Crippen LogP contribution in [0.4, 0.5) is 0 Å². The number of rotatable bonds is 6. The summed E-state index contributed by atoms with van der Waals surface area (Å²) in [7, 11) is 0. The number of carbonyl (C=O) groups excluding carboxylic acids is 1. The molecule has 0 unspecified atom stereocenters. The maximum absolute atomic E-state index is 12.3. The summed E-state index contributed by atoms with van der Waals surface area (Å²) in [5, 5.41) is 14.4. The number of aromatic nitrogens is 4. The molecule has 1 aliphatic carbocycles. The molecule has 0 spiro atoms. The normalized spacial score (nSPS) is 15.8. The number of hydrogen-bond donors (Lipinski definition) is 2. The Morgan fingerprint density at radius 3 is 2.82 bits per heavy atom. The summed E-state index contributed by atoms with van der Waals surface area (Å²) in [5.74, 6) is -0.0368. The van der Waals surface area contributed by atoms with Crippen LogP contribution < -0.4 is 5.32 Å². The van der Waals surface area contributed by atoms with E-state index in [9.17, 15) is 4.79 Å². The Balaban J connectivity index is 1.61. The summed E-state index contributed by atoms with van der Waals surface area (Å²) in [5.41, 5.74) is 3.93. The van der Waals surface area contributed by atoms with Crippen LogP contribution in [0.5, 0.6) is 0 Å². The van der Waals surface area contributed by atoms with Crippen molar-refractivity contribution < 1.29 is 4.79 Å². The minimum absolute atomic E-state index is 0.0368. The molecule has 6 heteroatoms. The van der Waals surface area contributed by atoms with Crippen LogP contribution in [0.3, 0.4) is 0 Å². The van der Waals surface area contributed by atoms with E-state index in [1.54, 1.807) is 6.20 Å². The van der Waals surface area contributed by atoms with E-state index in [2.05, 4.69) is 38.3 Å². The van der Waals surface area contributed by atoms with Crippen LogP contribution in [0.15, 0.2) is 12.3 Å². The number of nitrogens with one attached hydrogen (secondary N) is 2. The number of amides is 1. The second-order valence-electron chi connectivity index (χ2n) is 6.38. The van der Waals surface area contributed by atoms with Crippen molar-refractivity contribution in [2.24, 2.45) is 5.41 Å². The topological polar surface area (TPSA) is 75.6 Å². The van der Waals surface area contributed by atoms with Gasteiger partial charge in [0, 0.05) is 29.9 Å². The van der Waals surface area contributed by atoms with Crippen LogP contribution in [-0.4, -0.2) is 32.4 Å². The van der Waals surface area contributed by atoms with Gasteiger partial charge in [-0.1, -0.05) is 6.92 Å². The van der Waals surface area contributed by atoms with Gasteiger partial charge in [0.1, 0.15) is 0 Å². The minimum atomic E-state index is -0.0368. The highest BCUT2D eigenvalue weighted by Gasteiger charge is 2.43. The lowest BCUT2D eigenvalue weighted by molar-refractivity contribution is 0.0941. The van der Waals surface area contributed by atoms with E-state index in [0.29, 0.717) is 12.1 Å². The zero-order valence-corrected chi connectivity index (χ0v) is 13.4. The largest absolute Gasteiger partial charge is 0.351 e. The highest BCUT2D eigenvalue weighted by atomic mass is 16.1. The average molecular weight is 301 g/mol. The van der Waals surface area contributed by atoms with Crippen LogP contribution in [0.25, 0.3) is 0 Å². The predicted octanol–water partition coefficient (Wildman–Crippen LogP) is 2.00. The van der Waals surface area contributed by atoms with Crippen molar-refractivity contribution >= 4 is 5.91 Å². The van der Waals surface area contributed by atoms with Crippen molar-refractivity contribution in [1.82, 2.24) is 25.3 Å². The molecular formula is C16H23N5O. The van der Waals surface area contributed by atoms with E-state index in [1.807, 2.05) is 13.8 Å². The molecule has 0 atom stereocenters. The highest BCUT2D eigenvalue weighted by Crippen LogP contribution is 2.46. The van der Waals surface area contributed by atoms with Crippen LogP contribution in [0.2, 0.25) is 0 Å². The SMILES string of the molecule is CCc1[nH]ncc1C(=O)NCC1(Cn2nc(C)cc2C)CC1. The fourth-order valence-electron chi connectivity index (χ4n) is 2.86. The van der Waals surface area contributed by atoms with Crippen molar-refractivity contribution in [1.29, 1.82) is 0 Å². The Hall–Kier alpha value is -2.11. The summed E-state index contributed by atoms with van der Waals surface area (Å²) in [6, 6.07) is 2.09. The lowest BCUT2D eigenvalue weighted by Gasteiger charge is -2.17. The zero-order valence-electron chi connectivity index (χ0n) is 13.4. The lowest BCUT2D eigenvalue weighted by Crippen LogP contribution is -2.33. The van der Waals surface area contributed by atoms with Gasteiger partial charge >= 0.3 is 0 Å². The van der Waals surface area contributed by atoms with Crippen molar-refractivity contribution in [2.75, 3.05) is 6.54 Å². The zero-order chi connectivity index (χ0) is 15.7. The monoisotopic (exact) mass is 301 g/mol. The molecule has 118 valence electrons. The number of hydrogen-bond acceptors (Lipinski definition) is 3. The summed E-state index contributed by atoms with van der Waals surface area (Å²) in [4.78, 5) is 12.3. The second kappa shape index (κ2) is 5.59. The van der Waals surface area contributed by atoms with Gasteiger partial charge < -0.3 is 5.32 Å². The smallest absolute Gasteiger partial charge is 0.254 e.